The Bertz CT molecular complexity index is 294. The van der Waals surface area contributed by atoms with E-state index in [0.717, 1.165) is 5.69 Å². The number of hydrogen-bond acceptors (Lipinski definition) is 2. The van der Waals surface area contributed by atoms with E-state index in [-0.39, 0.29) is 5.54 Å². The molecule has 2 heteroatoms. The summed E-state index contributed by atoms with van der Waals surface area (Å²) in [5.74, 6) is 0. The van der Waals surface area contributed by atoms with E-state index in [9.17, 15) is 0 Å². The molecule has 0 aromatic heterocycles. The van der Waals surface area contributed by atoms with Crippen molar-refractivity contribution in [1.29, 1.82) is 0 Å². The second-order valence-corrected chi connectivity index (χ2v) is 5.57. The summed E-state index contributed by atoms with van der Waals surface area (Å²) in [4.78, 5) is 0. The number of rotatable bonds is 4. The van der Waals surface area contributed by atoms with Gasteiger partial charge in [0.05, 0.1) is 0 Å². The molecule has 0 aliphatic carbocycles. The van der Waals surface area contributed by atoms with Crippen LogP contribution in [-0.2, 0) is 6.42 Å². The second kappa shape index (κ2) is 8.13. The lowest BCUT2D eigenvalue weighted by Gasteiger charge is -2.06. The molecule has 0 fully saturated rings. The Kier molecular flexibility index (Phi) is 7.64. The number of benzene rings is 1. The van der Waals surface area contributed by atoms with Gasteiger partial charge in [-0.2, -0.15) is 0 Å². The highest BCUT2D eigenvalue weighted by molar-refractivity contribution is 5.40. The van der Waals surface area contributed by atoms with Crippen LogP contribution in [-0.4, -0.2) is 5.54 Å². The number of nitrogens with two attached hydrogens (primary N) is 2. The van der Waals surface area contributed by atoms with Gasteiger partial charge in [-0.05, 0) is 51.3 Å². The highest BCUT2D eigenvalue weighted by atomic mass is 14.7. The summed E-state index contributed by atoms with van der Waals surface area (Å²) in [7, 11) is 0. The summed E-state index contributed by atoms with van der Waals surface area (Å²) in [5.41, 5.74) is 13.3. The molecule has 1 aromatic carbocycles. The van der Waals surface area contributed by atoms with Crippen molar-refractivity contribution in [3.05, 3.63) is 29.8 Å². The van der Waals surface area contributed by atoms with Gasteiger partial charge in [0.2, 0.25) is 0 Å². The topological polar surface area (TPSA) is 52.0 Å². The zero-order valence-corrected chi connectivity index (χ0v) is 11.8. The van der Waals surface area contributed by atoms with Crippen LogP contribution in [0.3, 0.4) is 0 Å². The largest absolute Gasteiger partial charge is 0.399 e. The van der Waals surface area contributed by atoms with Gasteiger partial charge in [0.25, 0.3) is 0 Å². The standard InChI is InChI=1S/C11H17N.C4H11N/c1-2-3-4-6-10-7-5-8-11(12)9-10;1-4(2,3)5/h5,7-9H,2-4,6,12H2,1H3;5H2,1-3H3. The van der Waals surface area contributed by atoms with E-state index in [1.807, 2.05) is 32.9 Å². The summed E-state index contributed by atoms with van der Waals surface area (Å²) in [6.07, 6.45) is 5.04. The average molecular weight is 236 g/mol. The van der Waals surface area contributed by atoms with Crippen LogP contribution in [0.2, 0.25) is 0 Å². The summed E-state index contributed by atoms with van der Waals surface area (Å²) in [6.45, 7) is 8.12. The molecule has 0 aliphatic heterocycles. The minimum Gasteiger partial charge on any atom is -0.399 e. The minimum absolute atomic E-state index is 0. The molecular weight excluding hydrogens is 208 g/mol. The van der Waals surface area contributed by atoms with E-state index in [2.05, 4.69) is 19.1 Å². The Balaban J connectivity index is 0.000000437. The van der Waals surface area contributed by atoms with Gasteiger partial charge >= 0.3 is 0 Å². The third-order valence-electron chi connectivity index (χ3n) is 2.02. The number of aryl methyl sites for hydroxylation is 1. The molecule has 17 heavy (non-hydrogen) atoms. The lowest BCUT2D eigenvalue weighted by atomic mass is 10.1. The molecule has 0 heterocycles. The van der Waals surface area contributed by atoms with E-state index in [1.165, 1.54) is 31.2 Å². The molecule has 0 bridgehead atoms. The second-order valence-electron chi connectivity index (χ2n) is 5.57. The van der Waals surface area contributed by atoms with Gasteiger partial charge in [-0.1, -0.05) is 31.9 Å². The zero-order chi connectivity index (χ0) is 13.3. The minimum atomic E-state index is 0. The van der Waals surface area contributed by atoms with E-state index in [1.54, 1.807) is 0 Å². The summed E-state index contributed by atoms with van der Waals surface area (Å²) in [5, 5.41) is 0. The Morgan fingerprint density at radius 1 is 1.12 bits per heavy atom. The van der Waals surface area contributed by atoms with Crippen LogP contribution in [0.15, 0.2) is 24.3 Å². The molecule has 4 N–H and O–H groups in total. The van der Waals surface area contributed by atoms with Crippen LogP contribution in [0, 0.1) is 0 Å². The van der Waals surface area contributed by atoms with Crippen molar-refractivity contribution in [1.82, 2.24) is 0 Å². The molecule has 0 saturated heterocycles. The van der Waals surface area contributed by atoms with E-state index >= 15 is 0 Å². The molecule has 2 nitrogen and oxygen atoms in total. The molecular formula is C15H28N2. The summed E-state index contributed by atoms with van der Waals surface area (Å²) in [6, 6.07) is 8.17. The number of nitrogen functional groups attached to an aromatic ring is 1. The first-order valence-corrected chi connectivity index (χ1v) is 6.46. The Morgan fingerprint density at radius 2 is 1.71 bits per heavy atom. The van der Waals surface area contributed by atoms with Crippen LogP contribution >= 0.6 is 0 Å². The first-order valence-electron chi connectivity index (χ1n) is 6.46. The fraction of sp³-hybridized carbons (Fsp3) is 0.600. The SMILES string of the molecule is CC(C)(C)N.CCCCCc1cccc(N)c1. The fourth-order valence-corrected chi connectivity index (χ4v) is 1.33. The van der Waals surface area contributed by atoms with Crippen molar-refractivity contribution >= 4 is 5.69 Å². The van der Waals surface area contributed by atoms with Crippen molar-refractivity contribution in [2.24, 2.45) is 5.73 Å². The van der Waals surface area contributed by atoms with Crippen molar-refractivity contribution < 1.29 is 0 Å². The third kappa shape index (κ3) is 12.9. The quantitative estimate of drug-likeness (QED) is 0.618. The molecule has 0 unspecified atom stereocenters. The molecule has 0 atom stereocenters. The molecule has 0 amide bonds. The van der Waals surface area contributed by atoms with Crippen molar-refractivity contribution in [2.45, 2.75) is 58.9 Å². The number of anilines is 1. The normalized spacial score (nSPS) is 10.6. The van der Waals surface area contributed by atoms with Gasteiger partial charge in [0.15, 0.2) is 0 Å². The molecule has 1 aromatic rings. The Hall–Kier alpha value is -1.02. The van der Waals surface area contributed by atoms with Crippen molar-refractivity contribution in [3.63, 3.8) is 0 Å². The lowest BCUT2D eigenvalue weighted by molar-refractivity contribution is 0.580. The third-order valence-corrected chi connectivity index (χ3v) is 2.02. The molecule has 0 aliphatic rings. The van der Waals surface area contributed by atoms with Gasteiger partial charge < -0.3 is 11.5 Å². The predicted octanol–water partition coefficient (Wildman–Crippen LogP) is 3.75. The Labute approximate surface area is 106 Å². The Morgan fingerprint density at radius 3 is 2.18 bits per heavy atom. The van der Waals surface area contributed by atoms with Crippen LogP contribution in [0.25, 0.3) is 0 Å². The first-order chi connectivity index (χ1) is 7.83. The maximum absolute atomic E-state index is 5.66. The summed E-state index contributed by atoms with van der Waals surface area (Å²) >= 11 is 0. The number of hydrogen-bond donors (Lipinski definition) is 2. The maximum atomic E-state index is 5.66. The van der Waals surface area contributed by atoms with Crippen LogP contribution in [0.1, 0.15) is 52.5 Å². The van der Waals surface area contributed by atoms with Crippen LogP contribution in [0.4, 0.5) is 5.69 Å². The van der Waals surface area contributed by atoms with Gasteiger partial charge in [0.1, 0.15) is 0 Å². The van der Waals surface area contributed by atoms with Crippen LogP contribution in [0.5, 0.6) is 0 Å². The van der Waals surface area contributed by atoms with E-state index in [4.69, 9.17) is 11.5 Å². The fourth-order valence-electron chi connectivity index (χ4n) is 1.33. The summed E-state index contributed by atoms with van der Waals surface area (Å²) < 4.78 is 0. The van der Waals surface area contributed by atoms with E-state index < -0.39 is 0 Å². The predicted molar refractivity (Wildman–Crippen MR) is 78.0 cm³/mol. The van der Waals surface area contributed by atoms with Crippen molar-refractivity contribution in [2.75, 3.05) is 5.73 Å². The van der Waals surface area contributed by atoms with Gasteiger partial charge in [0, 0.05) is 11.2 Å². The molecule has 0 spiro atoms. The molecule has 0 saturated carbocycles. The van der Waals surface area contributed by atoms with Crippen molar-refractivity contribution in [3.8, 4) is 0 Å². The monoisotopic (exact) mass is 236 g/mol. The molecule has 1 rings (SSSR count). The lowest BCUT2D eigenvalue weighted by Crippen LogP contribution is -2.26. The van der Waals surface area contributed by atoms with Gasteiger partial charge in [-0.3, -0.25) is 0 Å². The van der Waals surface area contributed by atoms with Gasteiger partial charge in [-0.15, -0.1) is 0 Å². The molecule has 0 radical (unpaired) electrons. The zero-order valence-electron chi connectivity index (χ0n) is 11.8. The highest BCUT2D eigenvalue weighted by Crippen LogP contribution is 2.10. The first kappa shape index (κ1) is 16.0. The average Bonchev–Trinajstić information content (AvgIpc) is 2.15. The molecule has 98 valence electrons. The van der Waals surface area contributed by atoms with Gasteiger partial charge in [-0.25, -0.2) is 0 Å². The van der Waals surface area contributed by atoms with Crippen LogP contribution < -0.4 is 11.5 Å². The maximum Gasteiger partial charge on any atom is 0.0316 e. The number of unbranched alkanes of at least 4 members (excludes halogenated alkanes) is 2. The highest BCUT2D eigenvalue weighted by Gasteiger charge is 1.95. The van der Waals surface area contributed by atoms with E-state index in [0.29, 0.717) is 0 Å². The smallest absolute Gasteiger partial charge is 0.0316 e.